The topological polar surface area (TPSA) is 63.6 Å². The van der Waals surface area contributed by atoms with Crippen LogP contribution in [0.25, 0.3) is 21.9 Å². The van der Waals surface area contributed by atoms with E-state index in [1.54, 1.807) is 12.4 Å². The number of para-hydroxylation sites is 2. The molecule has 2 aromatic carbocycles. The van der Waals surface area contributed by atoms with E-state index >= 15 is 0 Å². The second kappa shape index (κ2) is 7.18. The number of pyridine rings is 2. The number of aromatic nitrogens is 4. The second-order valence-corrected chi connectivity index (χ2v) is 7.08. The molecule has 1 N–H and O–H groups in total. The van der Waals surface area contributed by atoms with Gasteiger partial charge in [-0.3, -0.25) is 9.78 Å². The lowest BCUT2D eigenvalue weighted by Gasteiger charge is -2.12. The van der Waals surface area contributed by atoms with Crippen LogP contribution in [0, 0.1) is 11.6 Å². The van der Waals surface area contributed by atoms with Gasteiger partial charge in [0, 0.05) is 30.3 Å². The number of aromatic amines is 1. The summed E-state index contributed by atoms with van der Waals surface area (Å²) in [5, 5.41) is 0.457. The van der Waals surface area contributed by atoms with Crippen LogP contribution in [0.5, 0.6) is 0 Å². The number of H-pyrrole nitrogens is 1. The Bertz CT molecular complexity index is 1440. The van der Waals surface area contributed by atoms with Gasteiger partial charge in [-0.05, 0) is 41.5 Å². The highest BCUT2D eigenvalue weighted by Crippen LogP contribution is 2.24. The maximum atomic E-state index is 14.3. The summed E-state index contributed by atoms with van der Waals surface area (Å²) in [4.78, 5) is 23.5. The quantitative estimate of drug-likeness (QED) is 0.490. The van der Waals surface area contributed by atoms with Gasteiger partial charge in [-0.1, -0.05) is 18.2 Å². The Balaban J connectivity index is 1.68. The third-order valence-corrected chi connectivity index (χ3v) is 5.14. The molecule has 7 heteroatoms. The largest absolute Gasteiger partial charge is 0.323 e. The minimum atomic E-state index is -1.06. The van der Waals surface area contributed by atoms with Crippen molar-refractivity contribution in [3.05, 3.63) is 106 Å². The van der Waals surface area contributed by atoms with Gasteiger partial charge in [0.2, 0.25) is 5.56 Å². The first-order valence-electron chi connectivity index (χ1n) is 9.43. The summed E-state index contributed by atoms with van der Waals surface area (Å²) in [6.45, 7) is 0.293. The minimum Gasteiger partial charge on any atom is -0.323 e. The Morgan fingerprint density at radius 3 is 2.73 bits per heavy atom. The van der Waals surface area contributed by atoms with E-state index in [4.69, 9.17) is 4.98 Å². The third kappa shape index (κ3) is 3.14. The summed E-state index contributed by atoms with van der Waals surface area (Å²) in [6.07, 6.45) is 4.04. The molecule has 5 aromatic rings. The van der Waals surface area contributed by atoms with Gasteiger partial charge in [-0.15, -0.1) is 0 Å². The summed E-state index contributed by atoms with van der Waals surface area (Å²) >= 11 is 0. The molecule has 0 saturated heterocycles. The number of rotatable bonds is 4. The van der Waals surface area contributed by atoms with Crippen LogP contribution in [0.2, 0.25) is 0 Å². The number of benzene rings is 2. The van der Waals surface area contributed by atoms with Crippen LogP contribution in [0.1, 0.15) is 17.0 Å². The molecule has 0 aliphatic rings. The fraction of sp³-hybridized carbons (Fsp3) is 0.0870. The van der Waals surface area contributed by atoms with Gasteiger partial charge in [-0.2, -0.15) is 0 Å². The maximum Gasteiger partial charge on any atom is 0.248 e. The van der Waals surface area contributed by atoms with Gasteiger partial charge in [0.05, 0.1) is 23.1 Å². The Labute approximate surface area is 169 Å². The SMILES string of the molecule is O=c1cc(Cn2c(Cc3cccnc3)nc3ccccc32)c2ccc(F)c(F)c2[nH]1. The van der Waals surface area contributed by atoms with Crippen molar-refractivity contribution in [2.45, 2.75) is 13.0 Å². The Morgan fingerprint density at radius 2 is 1.90 bits per heavy atom. The van der Waals surface area contributed by atoms with Crippen molar-refractivity contribution in [1.82, 2.24) is 19.5 Å². The first kappa shape index (κ1) is 18.2. The van der Waals surface area contributed by atoms with Crippen LogP contribution in [-0.2, 0) is 13.0 Å². The maximum absolute atomic E-state index is 14.3. The van der Waals surface area contributed by atoms with Crippen LogP contribution in [0.4, 0.5) is 8.78 Å². The van der Waals surface area contributed by atoms with Crippen molar-refractivity contribution >= 4 is 21.9 Å². The summed E-state index contributed by atoms with van der Waals surface area (Å²) in [5.41, 5.74) is 2.69. The lowest BCUT2D eigenvalue weighted by molar-refractivity contribution is 0.515. The summed E-state index contributed by atoms with van der Waals surface area (Å²) in [7, 11) is 0. The number of halogens is 2. The highest BCUT2D eigenvalue weighted by atomic mass is 19.2. The molecule has 0 spiro atoms. The first-order valence-corrected chi connectivity index (χ1v) is 9.43. The van der Waals surface area contributed by atoms with Crippen molar-refractivity contribution in [1.29, 1.82) is 0 Å². The molecule has 0 radical (unpaired) electrons. The summed E-state index contributed by atoms with van der Waals surface area (Å²) in [5.74, 6) is -1.27. The van der Waals surface area contributed by atoms with Crippen molar-refractivity contribution in [3.8, 4) is 0 Å². The van der Waals surface area contributed by atoms with E-state index in [1.807, 2.05) is 41.0 Å². The van der Waals surface area contributed by atoms with E-state index in [2.05, 4.69) is 9.97 Å². The van der Waals surface area contributed by atoms with Gasteiger partial charge in [-0.25, -0.2) is 13.8 Å². The van der Waals surface area contributed by atoms with Crippen LogP contribution in [-0.4, -0.2) is 19.5 Å². The number of nitrogens with one attached hydrogen (secondary N) is 1. The van der Waals surface area contributed by atoms with Crippen molar-refractivity contribution in [2.75, 3.05) is 0 Å². The normalized spacial score (nSPS) is 11.4. The first-order chi connectivity index (χ1) is 14.6. The zero-order valence-electron chi connectivity index (χ0n) is 15.8. The van der Waals surface area contributed by atoms with E-state index in [1.165, 1.54) is 12.1 Å². The number of imidazole rings is 1. The van der Waals surface area contributed by atoms with Crippen molar-refractivity contribution < 1.29 is 8.78 Å². The molecule has 3 aromatic heterocycles. The Kier molecular flexibility index (Phi) is 4.35. The van der Waals surface area contributed by atoms with Crippen LogP contribution >= 0.6 is 0 Å². The van der Waals surface area contributed by atoms with Gasteiger partial charge >= 0.3 is 0 Å². The predicted molar refractivity (Wildman–Crippen MR) is 110 cm³/mol. The van der Waals surface area contributed by atoms with Crippen molar-refractivity contribution in [2.24, 2.45) is 0 Å². The molecule has 0 atom stereocenters. The lowest BCUT2D eigenvalue weighted by Crippen LogP contribution is -2.12. The van der Waals surface area contributed by atoms with Gasteiger partial charge in [0.25, 0.3) is 0 Å². The molecule has 5 nitrogen and oxygen atoms in total. The molecule has 0 bridgehead atoms. The average Bonchev–Trinajstić information content (AvgIpc) is 3.09. The number of hydrogen-bond acceptors (Lipinski definition) is 3. The van der Waals surface area contributed by atoms with E-state index in [0.717, 1.165) is 28.5 Å². The molecule has 0 unspecified atom stereocenters. The number of fused-ring (bicyclic) bond motifs is 2. The summed E-state index contributed by atoms with van der Waals surface area (Å²) < 4.78 is 30.0. The fourth-order valence-electron chi connectivity index (χ4n) is 3.76. The number of hydrogen-bond donors (Lipinski definition) is 1. The molecule has 0 amide bonds. The standard InChI is InChI=1S/C23H16F2N4O/c24-17-8-7-16-15(11-21(30)28-23(16)22(17)25)13-29-19-6-2-1-5-18(19)27-20(29)10-14-4-3-9-26-12-14/h1-9,11-12H,10,13H2,(H,28,30). The van der Waals surface area contributed by atoms with Crippen LogP contribution < -0.4 is 5.56 Å². The van der Waals surface area contributed by atoms with Crippen LogP contribution in [0.15, 0.2) is 71.8 Å². The Morgan fingerprint density at radius 1 is 1.03 bits per heavy atom. The summed E-state index contributed by atoms with van der Waals surface area (Å²) in [6, 6.07) is 15.5. The molecule has 0 saturated carbocycles. The Hall–Kier alpha value is -3.87. The molecule has 0 aliphatic carbocycles. The van der Waals surface area contributed by atoms with E-state index < -0.39 is 17.2 Å². The smallest absolute Gasteiger partial charge is 0.248 e. The molecular formula is C23H16F2N4O. The van der Waals surface area contributed by atoms with Crippen LogP contribution in [0.3, 0.4) is 0 Å². The van der Waals surface area contributed by atoms with Gasteiger partial charge in [0.15, 0.2) is 11.6 Å². The highest BCUT2D eigenvalue weighted by molar-refractivity contribution is 5.83. The molecule has 148 valence electrons. The van der Waals surface area contributed by atoms with E-state index in [0.29, 0.717) is 23.9 Å². The zero-order valence-corrected chi connectivity index (χ0v) is 15.8. The molecule has 0 fully saturated rings. The average molecular weight is 402 g/mol. The molecule has 5 rings (SSSR count). The molecular weight excluding hydrogens is 386 g/mol. The van der Waals surface area contributed by atoms with Crippen molar-refractivity contribution in [3.63, 3.8) is 0 Å². The molecule has 3 heterocycles. The van der Waals surface area contributed by atoms with Gasteiger partial charge < -0.3 is 9.55 Å². The monoisotopic (exact) mass is 402 g/mol. The van der Waals surface area contributed by atoms with E-state index in [-0.39, 0.29) is 5.52 Å². The molecule has 0 aliphatic heterocycles. The fourth-order valence-corrected chi connectivity index (χ4v) is 3.76. The van der Waals surface area contributed by atoms with E-state index in [9.17, 15) is 13.6 Å². The van der Waals surface area contributed by atoms with Gasteiger partial charge in [0.1, 0.15) is 5.82 Å². The predicted octanol–water partition coefficient (Wildman–Crippen LogP) is 4.19. The lowest BCUT2D eigenvalue weighted by atomic mass is 10.1. The second-order valence-electron chi connectivity index (χ2n) is 7.08. The minimum absolute atomic E-state index is 0.129. The zero-order chi connectivity index (χ0) is 20.7. The number of nitrogens with zero attached hydrogens (tertiary/aromatic N) is 3. The highest BCUT2D eigenvalue weighted by Gasteiger charge is 2.16. The third-order valence-electron chi connectivity index (χ3n) is 5.14. The molecule has 30 heavy (non-hydrogen) atoms.